The van der Waals surface area contributed by atoms with E-state index in [0.29, 0.717) is 0 Å². The Kier molecular flexibility index (Phi) is 1.21. The highest BCUT2D eigenvalue weighted by Crippen LogP contribution is 2.19. The first-order valence-electron chi connectivity index (χ1n) is 3.15. The summed E-state index contributed by atoms with van der Waals surface area (Å²) in [6.07, 6.45) is 4.76. The maximum absolute atomic E-state index is 2.97. The minimum absolute atomic E-state index is 1.10. The number of hydrogen-bond acceptors (Lipinski definition) is 1. The van der Waals surface area contributed by atoms with Gasteiger partial charge >= 0.3 is 0 Å². The van der Waals surface area contributed by atoms with Gasteiger partial charge in [0.25, 0.3) is 0 Å². The Morgan fingerprint density at radius 3 is 3.00 bits per heavy atom. The molecule has 1 aromatic rings. The SMILES string of the molecule is [C]1[C]=Cc2ccccc2N1. The van der Waals surface area contributed by atoms with Crippen molar-refractivity contribution < 1.29 is 0 Å². The molecule has 0 atom stereocenters. The molecule has 0 saturated carbocycles. The second-order valence-electron chi connectivity index (χ2n) is 2.13. The van der Waals surface area contributed by atoms with Crippen molar-refractivity contribution >= 4 is 11.8 Å². The van der Waals surface area contributed by atoms with E-state index in [-0.39, 0.29) is 0 Å². The Balaban J connectivity index is 2.54. The first-order valence-corrected chi connectivity index (χ1v) is 3.15. The van der Waals surface area contributed by atoms with E-state index in [9.17, 15) is 0 Å². The van der Waals surface area contributed by atoms with Crippen LogP contribution in [0.1, 0.15) is 5.56 Å². The third-order valence-corrected chi connectivity index (χ3v) is 1.46. The predicted molar refractivity (Wildman–Crippen MR) is 41.0 cm³/mol. The maximum atomic E-state index is 2.97. The van der Waals surface area contributed by atoms with Crippen molar-refractivity contribution in [2.75, 3.05) is 5.32 Å². The molecule has 1 heteroatoms. The molecule has 1 N–H and O–H groups in total. The molecule has 47 valence electrons. The Bertz CT molecular complexity index is 263. The van der Waals surface area contributed by atoms with Crippen LogP contribution in [0.15, 0.2) is 24.3 Å². The average Bonchev–Trinajstić information content (AvgIpc) is 2.05. The van der Waals surface area contributed by atoms with Crippen molar-refractivity contribution in [3.8, 4) is 0 Å². The molecule has 1 aliphatic rings. The van der Waals surface area contributed by atoms with Gasteiger partial charge in [-0.15, -0.1) is 0 Å². The molecule has 1 aromatic carbocycles. The molecule has 0 saturated heterocycles. The number of nitrogens with one attached hydrogen (secondary N) is 1. The number of anilines is 1. The first-order chi connectivity index (χ1) is 4.97. The quantitative estimate of drug-likeness (QED) is 0.563. The number of rotatable bonds is 0. The van der Waals surface area contributed by atoms with Crippen molar-refractivity contribution in [2.45, 2.75) is 0 Å². The van der Waals surface area contributed by atoms with Crippen LogP contribution in [0.3, 0.4) is 0 Å². The Morgan fingerprint density at radius 1 is 1.20 bits per heavy atom. The Labute approximate surface area is 60.4 Å². The van der Waals surface area contributed by atoms with Crippen molar-refractivity contribution in [1.82, 2.24) is 0 Å². The van der Waals surface area contributed by atoms with Gasteiger partial charge in [0.05, 0.1) is 0 Å². The second-order valence-corrected chi connectivity index (χ2v) is 2.13. The molecule has 3 radical (unpaired) electrons. The third-order valence-electron chi connectivity index (χ3n) is 1.46. The average molecular weight is 128 g/mol. The zero-order valence-electron chi connectivity index (χ0n) is 5.39. The molecule has 0 aliphatic carbocycles. The van der Waals surface area contributed by atoms with Crippen LogP contribution in [-0.2, 0) is 0 Å². The third kappa shape index (κ3) is 0.798. The molecule has 0 fully saturated rings. The van der Waals surface area contributed by atoms with Gasteiger partial charge in [0.15, 0.2) is 0 Å². The summed E-state index contributed by atoms with van der Waals surface area (Å²) in [5, 5.41) is 2.97. The first kappa shape index (κ1) is 5.54. The summed E-state index contributed by atoms with van der Waals surface area (Å²) in [5.74, 6) is 0. The summed E-state index contributed by atoms with van der Waals surface area (Å²) in [4.78, 5) is 0. The van der Waals surface area contributed by atoms with Gasteiger partial charge in [-0.3, -0.25) is 0 Å². The highest BCUT2D eigenvalue weighted by atomic mass is 14.9. The second kappa shape index (κ2) is 2.18. The number of fused-ring (bicyclic) bond motifs is 1. The van der Waals surface area contributed by atoms with Gasteiger partial charge in [-0.2, -0.15) is 0 Å². The molecule has 0 spiro atoms. The van der Waals surface area contributed by atoms with E-state index in [2.05, 4.69) is 17.9 Å². The van der Waals surface area contributed by atoms with Crippen LogP contribution in [0, 0.1) is 12.6 Å². The van der Waals surface area contributed by atoms with Crippen LogP contribution < -0.4 is 5.32 Å². The number of hydrogen-bond donors (Lipinski definition) is 1. The van der Waals surface area contributed by atoms with Crippen LogP contribution in [0.25, 0.3) is 6.08 Å². The molecule has 0 aromatic heterocycles. The predicted octanol–water partition coefficient (Wildman–Crippen LogP) is 1.97. The van der Waals surface area contributed by atoms with E-state index in [1.807, 2.05) is 30.3 Å². The summed E-state index contributed by atoms with van der Waals surface area (Å²) in [7, 11) is 0. The number of benzene rings is 1. The van der Waals surface area contributed by atoms with E-state index >= 15 is 0 Å². The minimum Gasteiger partial charge on any atom is -0.370 e. The molecular formula is C9H6N. The van der Waals surface area contributed by atoms with Crippen LogP contribution in [0.5, 0.6) is 0 Å². The van der Waals surface area contributed by atoms with Gasteiger partial charge in [-0.25, -0.2) is 0 Å². The zero-order chi connectivity index (χ0) is 6.81. The van der Waals surface area contributed by atoms with Crippen LogP contribution >= 0.6 is 0 Å². The van der Waals surface area contributed by atoms with E-state index in [1.165, 1.54) is 5.56 Å². The van der Waals surface area contributed by atoms with Gasteiger partial charge < -0.3 is 5.32 Å². The Hall–Kier alpha value is -1.24. The van der Waals surface area contributed by atoms with Gasteiger partial charge in [0.2, 0.25) is 0 Å². The van der Waals surface area contributed by atoms with Gasteiger partial charge in [0, 0.05) is 5.69 Å². The number of para-hydroxylation sites is 1. The topological polar surface area (TPSA) is 12.0 Å². The Morgan fingerprint density at radius 2 is 2.10 bits per heavy atom. The summed E-state index contributed by atoms with van der Waals surface area (Å²) >= 11 is 0. The van der Waals surface area contributed by atoms with E-state index in [4.69, 9.17) is 0 Å². The van der Waals surface area contributed by atoms with Crippen molar-refractivity contribution in [1.29, 1.82) is 0 Å². The largest absolute Gasteiger partial charge is 0.370 e. The normalized spacial score (nSPS) is 14.0. The van der Waals surface area contributed by atoms with E-state index < -0.39 is 0 Å². The lowest BCUT2D eigenvalue weighted by Crippen LogP contribution is -1.98. The summed E-state index contributed by atoms with van der Waals surface area (Å²) in [6.45, 7) is 2.79. The van der Waals surface area contributed by atoms with Crippen molar-refractivity contribution in [2.24, 2.45) is 0 Å². The van der Waals surface area contributed by atoms with E-state index in [1.54, 1.807) is 0 Å². The fourth-order valence-electron chi connectivity index (χ4n) is 0.954. The van der Waals surface area contributed by atoms with Crippen LogP contribution in [0.2, 0.25) is 0 Å². The van der Waals surface area contributed by atoms with Crippen molar-refractivity contribution in [3.63, 3.8) is 0 Å². The molecule has 0 unspecified atom stereocenters. The zero-order valence-corrected chi connectivity index (χ0v) is 5.39. The lowest BCUT2D eigenvalue weighted by molar-refractivity contribution is 1.42. The lowest BCUT2D eigenvalue weighted by Gasteiger charge is -2.09. The van der Waals surface area contributed by atoms with E-state index in [0.717, 1.165) is 5.69 Å². The molecular weight excluding hydrogens is 122 g/mol. The van der Waals surface area contributed by atoms with Crippen LogP contribution in [-0.4, -0.2) is 0 Å². The standard InChI is InChI=1S/C9H6N/c1-2-6-9-8(4-1)5-3-7-10-9/h1-2,4-6,10H. The molecule has 2 rings (SSSR count). The minimum atomic E-state index is 1.10. The van der Waals surface area contributed by atoms with Gasteiger partial charge in [0.1, 0.15) is 6.54 Å². The molecule has 1 heterocycles. The summed E-state index contributed by atoms with van der Waals surface area (Å²) < 4.78 is 0. The highest BCUT2D eigenvalue weighted by molar-refractivity contribution is 5.69. The molecule has 1 nitrogen and oxygen atoms in total. The smallest absolute Gasteiger partial charge is 0.123 e. The fraction of sp³-hybridized carbons (Fsp3) is 0. The summed E-state index contributed by atoms with van der Waals surface area (Å²) in [6, 6.07) is 8.05. The fourth-order valence-corrected chi connectivity index (χ4v) is 0.954. The summed E-state index contributed by atoms with van der Waals surface area (Å²) in [5.41, 5.74) is 2.27. The maximum Gasteiger partial charge on any atom is 0.123 e. The van der Waals surface area contributed by atoms with Gasteiger partial charge in [-0.1, -0.05) is 18.2 Å². The van der Waals surface area contributed by atoms with Crippen molar-refractivity contribution in [3.05, 3.63) is 42.4 Å². The molecule has 0 bridgehead atoms. The molecule has 10 heavy (non-hydrogen) atoms. The van der Waals surface area contributed by atoms with Crippen LogP contribution in [0.4, 0.5) is 5.69 Å². The molecule has 0 amide bonds. The monoisotopic (exact) mass is 128 g/mol. The highest BCUT2D eigenvalue weighted by Gasteiger charge is 2.00. The van der Waals surface area contributed by atoms with Gasteiger partial charge in [-0.05, 0) is 23.8 Å². The molecule has 1 aliphatic heterocycles. The lowest BCUT2D eigenvalue weighted by atomic mass is 10.1.